The van der Waals surface area contributed by atoms with Crippen molar-refractivity contribution in [2.45, 2.75) is 33.4 Å². The predicted octanol–water partition coefficient (Wildman–Crippen LogP) is 3.81. The topological polar surface area (TPSA) is 56.8 Å². The van der Waals surface area contributed by atoms with E-state index in [-0.39, 0.29) is 12.0 Å². The molecule has 0 aromatic heterocycles. The third kappa shape index (κ3) is 5.41. The molecule has 0 bridgehead atoms. The fraction of sp³-hybridized carbons (Fsp3) is 0.350. The molecule has 5 nitrogen and oxygen atoms in total. The molecule has 0 aliphatic heterocycles. The normalized spacial score (nSPS) is 10.4. The van der Waals surface area contributed by atoms with Gasteiger partial charge in [0.2, 0.25) is 0 Å². The van der Waals surface area contributed by atoms with Crippen LogP contribution in [0.5, 0.6) is 17.2 Å². The maximum Gasteiger partial charge on any atom is 0.251 e. The first-order valence-corrected chi connectivity index (χ1v) is 8.38. The molecule has 0 spiro atoms. The molecular weight excluding hydrogens is 318 g/mol. The minimum absolute atomic E-state index is 0.139. The summed E-state index contributed by atoms with van der Waals surface area (Å²) in [7, 11) is 1.57. The minimum atomic E-state index is -0.161. The van der Waals surface area contributed by atoms with Gasteiger partial charge in [0.15, 0.2) is 11.5 Å². The minimum Gasteiger partial charge on any atom is -0.493 e. The zero-order valence-corrected chi connectivity index (χ0v) is 15.2. The molecule has 1 amide bonds. The molecule has 2 rings (SSSR count). The average Bonchev–Trinajstić information content (AvgIpc) is 2.60. The fourth-order valence-electron chi connectivity index (χ4n) is 2.33. The largest absolute Gasteiger partial charge is 0.493 e. The van der Waals surface area contributed by atoms with Crippen LogP contribution < -0.4 is 19.5 Å². The van der Waals surface area contributed by atoms with Crippen LogP contribution in [0.1, 0.15) is 36.7 Å². The van der Waals surface area contributed by atoms with E-state index in [0.717, 1.165) is 11.3 Å². The van der Waals surface area contributed by atoms with Crippen molar-refractivity contribution in [3.63, 3.8) is 0 Å². The van der Waals surface area contributed by atoms with Gasteiger partial charge in [0.05, 0.1) is 19.8 Å². The maximum atomic E-state index is 12.4. The summed E-state index contributed by atoms with van der Waals surface area (Å²) in [5.74, 6) is 1.83. The fourth-order valence-corrected chi connectivity index (χ4v) is 2.33. The Hall–Kier alpha value is -2.69. The summed E-state index contributed by atoms with van der Waals surface area (Å²) < 4.78 is 16.3. The average molecular weight is 343 g/mol. The Balaban J connectivity index is 1.99. The number of carbonyl (C=O) groups excluding carboxylic acids is 1. The van der Waals surface area contributed by atoms with Crippen molar-refractivity contribution in [2.24, 2.45) is 0 Å². The Labute approximate surface area is 148 Å². The van der Waals surface area contributed by atoms with E-state index in [1.807, 2.05) is 45.0 Å². The van der Waals surface area contributed by atoms with Crippen molar-refractivity contribution in [2.75, 3.05) is 13.7 Å². The highest BCUT2D eigenvalue weighted by Crippen LogP contribution is 2.28. The van der Waals surface area contributed by atoms with Gasteiger partial charge in [-0.25, -0.2) is 0 Å². The van der Waals surface area contributed by atoms with E-state index in [0.29, 0.717) is 30.2 Å². The van der Waals surface area contributed by atoms with Crippen LogP contribution in [0.15, 0.2) is 42.5 Å². The predicted molar refractivity (Wildman–Crippen MR) is 97.5 cm³/mol. The molecule has 0 radical (unpaired) electrons. The number of ether oxygens (including phenoxy) is 3. The van der Waals surface area contributed by atoms with Crippen molar-refractivity contribution < 1.29 is 19.0 Å². The number of hydrogen-bond acceptors (Lipinski definition) is 4. The van der Waals surface area contributed by atoms with Crippen molar-refractivity contribution in [3.8, 4) is 17.2 Å². The van der Waals surface area contributed by atoms with Crippen LogP contribution in [0.4, 0.5) is 0 Å². The van der Waals surface area contributed by atoms with E-state index in [9.17, 15) is 4.79 Å². The number of rotatable bonds is 8. The van der Waals surface area contributed by atoms with E-state index in [2.05, 4.69) is 5.32 Å². The van der Waals surface area contributed by atoms with E-state index >= 15 is 0 Å². The lowest BCUT2D eigenvalue weighted by atomic mass is 10.1. The molecule has 2 aromatic carbocycles. The van der Waals surface area contributed by atoms with Gasteiger partial charge in [-0.3, -0.25) is 4.79 Å². The van der Waals surface area contributed by atoms with Gasteiger partial charge in [0, 0.05) is 12.1 Å². The van der Waals surface area contributed by atoms with Gasteiger partial charge in [-0.15, -0.1) is 0 Å². The summed E-state index contributed by atoms with van der Waals surface area (Å²) >= 11 is 0. The maximum absolute atomic E-state index is 12.4. The second-order valence-corrected chi connectivity index (χ2v) is 5.79. The summed E-state index contributed by atoms with van der Waals surface area (Å²) in [5, 5.41) is 2.91. The van der Waals surface area contributed by atoms with Crippen LogP contribution in [0.2, 0.25) is 0 Å². The standard InChI is InChI=1S/C20H25NO4/c1-5-24-19-12-16(8-11-18(19)23-4)20(22)21-13-15-6-9-17(10-7-15)25-14(2)3/h6-12,14H,5,13H2,1-4H3,(H,21,22). The van der Waals surface area contributed by atoms with E-state index in [1.165, 1.54) is 0 Å². The summed E-state index contributed by atoms with van der Waals surface area (Å²) in [5.41, 5.74) is 1.53. The molecule has 5 heteroatoms. The molecular formula is C20H25NO4. The third-order valence-electron chi connectivity index (χ3n) is 3.47. The zero-order chi connectivity index (χ0) is 18.2. The van der Waals surface area contributed by atoms with E-state index in [4.69, 9.17) is 14.2 Å². The first-order valence-electron chi connectivity index (χ1n) is 8.38. The SMILES string of the molecule is CCOc1cc(C(=O)NCc2ccc(OC(C)C)cc2)ccc1OC. The summed E-state index contributed by atoms with van der Waals surface area (Å²) in [6, 6.07) is 12.8. The number of amides is 1. The van der Waals surface area contributed by atoms with Gasteiger partial charge < -0.3 is 19.5 Å². The van der Waals surface area contributed by atoms with E-state index < -0.39 is 0 Å². The molecule has 1 N–H and O–H groups in total. The lowest BCUT2D eigenvalue weighted by Crippen LogP contribution is -2.22. The number of hydrogen-bond donors (Lipinski definition) is 1. The lowest BCUT2D eigenvalue weighted by Gasteiger charge is -2.12. The number of benzene rings is 2. The second-order valence-electron chi connectivity index (χ2n) is 5.79. The molecule has 2 aromatic rings. The monoisotopic (exact) mass is 343 g/mol. The molecule has 0 atom stereocenters. The molecule has 0 fully saturated rings. The third-order valence-corrected chi connectivity index (χ3v) is 3.47. The van der Waals surface area contributed by atoms with E-state index in [1.54, 1.807) is 25.3 Å². The Morgan fingerprint density at radius 3 is 2.40 bits per heavy atom. The number of carbonyl (C=O) groups is 1. The van der Waals surface area contributed by atoms with Gasteiger partial charge in [0.1, 0.15) is 5.75 Å². The van der Waals surface area contributed by atoms with Crippen molar-refractivity contribution in [1.82, 2.24) is 5.32 Å². The van der Waals surface area contributed by atoms with Crippen LogP contribution in [0, 0.1) is 0 Å². The van der Waals surface area contributed by atoms with Gasteiger partial charge in [-0.05, 0) is 56.7 Å². The highest BCUT2D eigenvalue weighted by atomic mass is 16.5. The number of methoxy groups -OCH3 is 1. The van der Waals surface area contributed by atoms with Crippen LogP contribution >= 0.6 is 0 Å². The highest BCUT2D eigenvalue weighted by molar-refractivity contribution is 5.94. The summed E-state index contributed by atoms with van der Waals surface area (Å²) in [6.45, 7) is 6.81. The molecule has 0 aliphatic rings. The lowest BCUT2D eigenvalue weighted by molar-refractivity contribution is 0.0950. The Kier molecular flexibility index (Phi) is 6.69. The van der Waals surface area contributed by atoms with Crippen molar-refractivity contribution in [3.05, 3.63) is 53.6 Å². The van der Waals surface area contributed by atoms with Crippen molar-refractivity contribution in [1.29, 1.82) is 0 Å². The first kappa shape index (κ1) is 18.6. The molecule has 0 heterocycles. The molecule has 25 heavy (non-hydrogen) atoms. The van der Waals surface area contributed by atoms with Gasteiger partial charge in [0.25, 0.3) is 5.91 Å². The zero-order valence-electron chi connectivity index (χ0n) is 15.2. The molecule has 134 valence electrons. The molecule has 0 saturated carbocycles. The molecule has 0 saturated heterocycles. The molecule has 0 aliphatic carbocycles. The van der Waals surface area contributed by atoms with Crippen LogP contribution in [-0.2, 0) is 6.54 Å². The van der Waals surface area contributed by atoms with Gasteiger partial charge >= 0.3 is 0 Å². The Morgan fingerprint density at radius 1 is 1.08 bits per heavy atom. The Morgan fingerprint density at radius 2 is 1.80 bits per heavy atom. The van der Waals surface area contributed by atoms with Crippen LogP contribution in [-0.4, -0.2) is 25.7 Å². The van der Waals surface area contributed by atoms with Crippen molar-refractivity contribution >= 4 is 5.91 Å². The van der Waals surface area contributed by atoms with Gasteiger partial charge in [-0.1, -0.05) is 12.1 Å². The summed E-state index contributed by atoms with van der Waals surface area (Å²) in [6.07, 6.45) is 0.139. The smallest absolute Gasteiger partial charge is 0.251 e. The summed E-state index contributed by atoms with van der Waals surface area (Å²) in [4.78, 5) is 12.4. The van der Waals surface area contributed by atoms with Gasteiger partial charge in [-0.2, -0.15) is 0 Å². The second kappa shape index (κ2) is 8.97. The number of nitrogens with one attached hydrogen (secondary N) is 1. The first-order chi connectivity index (χ1) is 12.0. The highest BCUT2D eigenvalue weighted by Gasteiger charge is 2.11. The molecule has 0 unspecified atom stereocenters. The van der Waals surface area contributed by atoms with Crippen LogP contribution in [0.3, 0.4) is 0 Å². The Bertz CT molecular complexity index is 695. The quantitative estimate of drug-likeness (QED) is 0.792. The van der Waals surface area contributed by atoms with Crippen LogP contribution in [0.25, 0.3) is 0 Å².